The first kappa shape index (κ1) is 31.9. The summed E-state index contributed by atoms with van der Waals surface area (Å²) < 4.78 is 47.4. The van der Waals surface area contributed by atoms with Gasteiger partial charge in [0.15, 0.2) is 0 Å². The third kappa shape index (κ3) is 8.56. The maximum absolute atomic E-state index is 13.7. The molecule has 0 aromatic heterocycles. The number of halogens is 4. The molecule has 4 nitrogen and oxygen atoms in total. The van der Waals surface area contributed by atoms with Gasteiger partial charge in [-0.05, 0) is 34.9 Å². The van der Waals surface area contributed by atoms with Gasteiger partial charge in [-0.2, -0.15) is 13.2 Å². The summed E-state index contributed by atoms with van der Waals surface area (Å²) >= 11 is 6.39. The predicted molar refractivity (Wildman–Crippen MR) is 173 cm³/mol. The Bertz CT molecular complexity index is 1420. The van der Waals surface area contributed by atoms with Gasteiger partial charge >= 0.3 is 6.18 Å². The number of rotatable bonds is 12. The molecule has 0 spiro atoms. The third-order valence-electron chi connectivity index (χ3n) is 8.03. The van der Waals surface area contributed by atoms with Gasteiger partial charge in [-0.1, -0.05) is 97.4 Å². The van der Waals surface area contributed by atoms with Crippen LogP contribution in [-0.4, -0.2) is 50.8 Å². The first-order chi connectivity index (χ1) is 21.3. The lowest BCUT2D eigenvalue weighted by atomic mass is 9.90. The zero-order valence-corrected chi connectivity index (χ0v) is 25.7. The molecule has 0 aliphatic carbocycles. The molecule has 1 N–H and O–H groups in total. The van der Waals surface area contributed by atoms with Gasteiger partial charge in [0.2, 0.25) is 0 Å². The minimum Gasteiger partial charge on any atom is -0.493 e. The van der Waals surface area contributed by atoms with E-state index in [9.17, 15) is 13.2 Å². The molecule has 232 valence electrons. The molecular formula is C36H39ClF3N3O. The summed E-state index contributed by atoms with van der Waals surface area (Å²) in [5, 5.41) is 3.14. The second kappa shape index (κ2) is 15.0. The van der Waals surface area contributed by atoms with Crippen LogP contribution in [0.4, 0.5) is 18.9 Å². The molecule has 1 atom stereocenters. The zero-order valence-electron chi connectivity index (χ0n) is 24.9. The SMILES string of the molecule is C[C@@H](COc1cccc(N2CCNCC2)c1)CN(Cc1cccc(C(F)(F)F)c1Cl)CC(c1ccccc1)c1ccccc1. The number of nitrogens with one attached hydrogen (secondary N) is 1. The maximum atomic E-state index is 13.7. The standard InChI is InChI=1S/C36H39ClF3N3O/c1-27(26-44-32-16-9-15-31(22-32)43-20-18-41-19-21-43)23-42(24-30-14-8-17-34(35(30)37)36(38,39)40)25-33(28-10-4-2-5-11-28)29-12-6-3-7-13-29/h2-17,22,27,33,41H,18-21,23-26H2,1H3/t27-/m1/s1. The van der Waals surface area contributed by atoms with E-state index in [2.05, 4.69) is 58.4 Å². The Labute approximate surface area is 263 Å². The minimum atomic E-state index is -4.52. The summed E-state index contributed by atoms with van der Waals surface area (Å²) in [5.41, 5.74) is 3.09. The summed E-state index contributed by atoms with van der Waals surface area (Å²) in [7, 11) is 0. The summed E-state index contributed by atoms with van der Waals surface area (Å²) in [6.07, 6.45) is -4.52. The van der Waals surface area contributed by atoms with Crippen LogP contribution in [0.25, 0.3) is 0 Å². The van der Waals surface area contributed by atoms with Gasteiger partial charge in [0.1, 0.15) is 5.75 Å². The van der Waals surface area contributed by atoms with Crippen LogP contribution in [0.3, 0.4) is 0 Å². The molecule has 1 saturated heterocycles. The lowest BCUT2D eigenvalue weighted by Gasteiger charge is -2.31. The van der Waals surface area contributed by atoms with E-state index in [-0.39, 0.29) is 23.4 Å². The van der Waals surface area contributed by atoms with Gasteiger partial charge in [-0.3, -0.25) is 4.90 Å². The number of hydrogen-bond donors (Lipinski definition) is 1. The van der Waals surface area contributed by atoms with Crippen LogP contribution in [0.2, 0.25) is 5.02 Å². The highest BCUT2D eigenvalue weighted by atomic mass is 35.5. The average molecular weight is 622 g/mol. The Kier molecular flexibility index (Phi) is 10.9. The largest absolute Gasteiger partial charge is 0.493 e. The second-order valence-electron chi connectivity index (χ2n) is 11.5. The van der Waals surface area contributed by atoms with Crippen LogP contribution in [0, 0.1) is 5.92 Å². The molecule has 0 amide bonds. The first-order valence-electron chi connectivity index (χ1n) is 15.1. The van der Waals surface area contributed by atoms with Crippen molar-refractivity contribution in [1.29, 1.82) is 0 Å². The molecule has 4 aromatic carbocycles. The van der Waals surface area contributed by atoms with Crippen LogP contribution in [0.5, 0.6) is 5.75 Å². The van der Waals surface area contributed by atoms with Crippen LogP contribution < -0.4 is 15.0 Å². The Hall–Kier alpha value is -3.52. The summed E-state index contributed by atoms with van der Waals surface area (Å²) in [6, 6.07) is 32.8. The fourth-order valence-corrected chi connectivity index (χ4v) is 6.12. The molecule has 8 heteroatoms. The van der Waals surface area contributed by atoms with Crippen molar-refractivity contribution in [2.45, 2.75) is 25.6 Å². The molecule has 1 heterocycles. The number of nitrogens with zero attached hydrogens (tertiary/aromatic N) is 2. The number of benzene rings is 4. The number of piperazine rings is 1. The number of ether oxygens (including phenoxy) is 1. The van der Waals surface area contributed by atoms with E-state index >= 15 is 0 Å². The van der Waals surface area contributed by atoms with Gasteiger partial charge in [0.05, 0.1) is 17.2 Å². The van der Waals surface area contributed by atoms with Crippen molar-refractivity contribution >= 4 is 17.3 Å². The number of anilines is 1. The lowest BCUT2D eigenvalue weighted by molar-refractivity contribution is -0.137. The molecule has 0 radical (unpaired) electrons. The fraction of sp³-hybridized carbons (Fsp3) is 0.333. The Morgan fingerprint density at radius 1 is 0.841 bits per heavy atom. The van der Waals surface area contributed by atoms with Crippen molar-refractivity contribution in [2.24, 2.45) is 5.92 Å². The second-order valence-corrected chi connectivity index (χ2v) is 11.9. The third-order valence-corrected chi connectivity index (χ3v) is 8.47. The minimum absolute atomic E-state index is 0.0193. The van der Waals surface area contributed by atoms with E-state index in [4.69, 9.17) is 16.3 Å². The van der Waals surface area contributed by atoms with Crippen LogP contribution in [0.1, 0.15) is 35.1 Å². The molecule has 44 heavy (non-hydrogen) atoms. The fourth-order valence-electron chi connectivity index (χ4n) is 5.82. The van der Waals surface area contributed by atoms with E-state index in [0.29, 0.717) is 25.3 Å². The molecule has 0 bridgehead atoms. The molecule has 1 fully saturated rings. The topological polar surface area (TPSA) is 27.7 Å². The molecule has 0 unspecified atom stereocenters. The van der Waals surface area contributed by atoms with Crippen molar-refractivity contribution < 1.29 is 17.9 Å². The van der Waals surface area contributed by atoms with Crippen LogP contribution in [0.15, 0.2) is 103 Å². The van der Waals surface area contributed by atoms with Crippen molar-refractivity contribution in [1.82, 2.24) is 10.2 Å². The van der Waals surface area contributed by atoms with Crippen molar-refractivity contribution in [3.8, 4) is 5.75 Å². The van der Waals surface area contributed by atoms with E-state index in [1.165, 1.54) is 6.07 Å². The van der Waals surface area contributed by atoms with Gasteiger partial charge in [0, 0.05) is 69.4 Å². The van der Waals surface area contributed by atoms with E-state index in [1.807, 2.05) is 48.5 Å². The van der Waals surface area contributed by atoms with Gasteiger partial charge < -0.3 is 15.0 Å². The van der Waals surface area contributed by atoms with E-state index < -0.39 is 11.7 Å². The van der Waals surface area contributed by atoms with Crippen LogP contribution in [-0.2, 0) is 12.7 Å². The highest BCUT2D eigenvalue weighted by Gasteiger charge is 2.34. The van der Waals surface area contributed by atoms with Gasteiger partial charge in [-0.15, -0.1) is 0 Å². The zero-order chi connectivity index (χ0) is 30.9. The van der Waals surface area contributed by atoms with Crippen LogP contribution >= 0.6 is 11.6 Å². The summed E-state index contributed by atoms with van der Waals surface area (Å²) in [4.78, 5) is 4.55. The molecule has 0 saturated carbocycles. The Balaban J connectivity index is 1.36. The lowest BCUT2D eigenvalue weighted by Crippen LogP contribution is -2.43. The quantitative estimate of drug-likeness (QED) is 0.173. The average Bonchev–Trinajstić information content (AvgIpc) is 3.04. The van der Waals surface area contributed by atoms with E-state index in [0.717, 1.165) is 54.8 Å². The molecule has 1 aliphatic rings. The molecule has 5 rings (SSSR count). The summed E-state index contributed by atoms with van der Waals surface area (Å²) in [6.45, 7) is 7.90. The number of hydrogen-bond acceptors (Lipinski definition) is 4. The normalized spacial score (nSPS) is 14.7. The van der Waals surface area contributed by atoms with E-state index in [1.54, 1.807) is 6.07 Å². The molecule has 4 aromatic rings. The van der Waals surface area contributed by atoms with Crippen molar-refractivity contribution in [2.75, 3.05) is 50.8 Å². The molecular weight excluding hydrogens is 583 g/mol. The number of alkyl halides is 3. The maximum Gasteiger partial charge on any atom is 0.417 e. The Morgan fingerprint density at radius 3 is 2.11 bits per heavy atom. The monoisotopic (exact) mass is 621 g/mol. The molecule has 1 aliphatic heterocycles. The van der Waals surface area contributed by atoms with Gasteiger partial charge in [-0.25, -0.2) is 0 Å². The highest BCUT2D eigenvalue weighted by Crippen LogP contribution is 2.37. The first-order valence-corrected chi connectivity index (χ1v) is 15.5. The summed E-state index contributed by atoms with van der Waals surface area (Å²) in [5.74, 6) is 0.923. The van der Waals surface area contributed by atoms with Gasteiger partial charge in [0.25, 0.3) is 0 Å². The van der Waals surface area contributed by atoms with Crippen molar-refractivity contribution in [3.63, 3.8) is 0 Å². The smallest absolute Gasteiger partial charge is 0.417 e. The predicted octanol–water partition coefficient (Wildman–Crippen LogP) is 8.12. The highest BCUT2D eigenvalue weighted by molar-refractivity contribution is 6.32. The van der Waals surface area contributed by atoms with Crippen molar-refractivity contribution in [3.05, 3.63) is 130 Å². The Morgan fingerprint density at radius 2 is 1.48 bits per heavy atom.